The van der Waals surface area contributed by atoms with E-state index in [0.717, 1.165) is 49.1 Å². The number of hydrogen-bond acceptors (Lipinski definition) is 5. The van der Waals surface area contributed by atoms with E-state index in [0.29, 0.717) is 45.0 Å². The highest BCUT2D eigenvalue weighted by Gasteiger charge is 2.36. The molecule has 258 valence electrons. The first-order chi connectivity index (χ1) is 25.4. The Balaban J connectivity index is 0.00000207. The Morgan fingerprint density at radius 2 is 1.38 bits per heavy atom. The third-order valence-corrected chi connectivity index (χ3v) is 9.88. The molecule has 1 atom stereocenters. The summed E-state index contributed by atoms with van der Waals surface area (Å²) >= 11 is 0. The molecular weight excluding hydrogens is 649 g/mol. The second-order valence-corrected chi connectivity index (χ2v) is 13.1. The van der Waals surface area contributed by atoms with Gasteiger partial charge in [-0.2, -0.15) is 0 Å². The van der Waals surface area contributed by atoms with E-state index in [4.69, 9.17) is 9.53 Å². The van der Waals surface area contributed by atoms with Gasteiger partial charge in [0, 0.05) is 33.6 Å². The van der Waals surface area contributed by atoms with Crippen LogP contribution in [0.4, 0.5) is 11.4 Å². The number of ether oxygens (including phenoxy) is 1. The quantitative estimate of drug-likeness (QED) is 0.173. The lowest BCUT2D eigenvalue weighted by atomic mass is 9.95. The van der Waals surface area contributed by atoms with E-state index in [1.807, 2.05) is 62.3 Å². The molecular formula is C45H38N2O5. The normalized spacial score (nSPS) is 17.2. The number of amides is 2. The van der Waals surface area contributed by atoms with Crippen LogP contribution in [0.3, 0.4) is 0 Å². The maximum atomic E-state index is 13.8. The van der Waals surface area contributed by atoms with Crippen molar-refractivity contribution >= 4 is 41.5 Å². The predicted molar refractivity (Wildman–Crippen MR) is 205 cm³/mol. The minimum absolute atomic E-state index is 0.0820. The first-order valence-corrected chi connectivity index (χ1v) is 17.4. The Morgan fingerprint density at radius 3 is 2.06 bits per heavy atom. The van der Waals surface area contributed by atoms with Gasteiger partial charge in [0.25, 0.3) is 11.8 Å². The first kappa shape index (κ1) is 34.1. The van der Waals surface area contributed by atoms with Crippen molar-refractivity contribution < 1.29 is 23.9 Å². The van der Waals surface area contributed by atoms with Crippen molar-refractivity contribution in [1.82, 2.24) is 0 Å². The highest BCUT2D eigenvalue weighted by molar-refractivity contribution is 6.23. The molecule has 4 aliphatic rings. The van der Waals surface area contributed by atoms with E-state index in [9.17, 15) is 14.4 Å². The number of fused-ring (bicyclic) bond motifs is 2. The van der Waals surface area contributed by atoms with Crippen molar-refractivity contribution in [3.05, 3.63) is 178 Å². The SMILES string of the molecule is C=C1c2ccc(C(=O)c3ccc4c(c3)C(C)N(c3ccc(CC5=CCCC=C5)cc3)C4=O)cc2C(=O)N1c1ccc(OC2=CCCC=C2)cc1.C=O. The average molecular weight is 687 g/mol. The molecule has 0 saturated heterocycles. The molecule has 0 N–H and O–H groups in total. The second kappa shape index (κ2) is 14.5. The lowest BCUT2D eigenvalue weighted by Gasteiger charge is -2.22. The van der Waals surface area contributed by atoms with Crippen molar-refractivity contribution in [2.45, 2.75) is 45.1 Å². The Labute approximate surface area is 303 Å². The van der Waals surface area contributed by atoms with Crippen LogP contribution in [0, 0.1) is 0 Å². The predicted octanol–water partition coefficient (Wildman–Crippen LogP) is 9.52. The van der Waals surface area contributed by atoms with Gasteiger partial charge in [-0.3, -0.25) is 19.3 Å². The van der Waals surface area contributed by atoms with E-state index in [-0.39, 0.29) is 23.6 Å². The summed E-state index contributed by atoms with van der Waals surface area (Å²) in [6.45, 7) is 8.19. The Kier molecular flexibility index (Phi) is 9.51. The zero-order valence-electron chi connectivity index (χ0n) is 29.0. The number of hydrogen-bond donors (Lipinski definition) is 0. The van der Waals surface area contributed by atoms with Gasteiger partial charge in [0.2, 0.25) is 0 Å². The van der Waals surface area contributed by atoms with E-state index in [1.165, 1.54) is 11.1 Å². The number of rotatable bonds is 8. The van der Waals surface area contributed by atoms with E-state index < -0.39 is 0 Å². The molecule has 0 radical (unpaired) electrons. The summed E-state index contributed by atoms with van der Waals surface area (Å²) in [6.07, 6.45) is 17.8. The molecule has 7 heteroatoms. The molecule has 2 heterocycles. The van der Waals surface area contributed by atoms with Crippen LogP contribution in [0.1, 0.15) is 92.0 Å². The molecule has 0 aromatic heterocycles. The van der Waals surface area contributed by atoms with Crippen molar-refractivity contribution in [2.24, 2.45) is 0 Å². The highest BCUT2D eigenvalue weighted by Crippen LogP contribution is 2.40. The smallest absolute Gasteiger partial charge is 0.263 e. The van der Waals surface area contributed by atoms with Crippen LogP contribution in [0.2, 0.25) is 0 Å². The molecule has 52 heavy (non-hydrogen) atoms. The number of anilines is 2. The lowest BCUT2D eigenvalue weighted by molar-refractivity contribution is -0.0980. The number of carbonyl (C=O) groups is 4. The lowest BCUT2D eigenvalue weighted by Crippen LogP contribution is -2.26. The number of allylic oxidation sites excluding steroid dienone is 7. The monoisotopic (exact) mass is 686 g/mol. The van der Waals surface area contributed by atoms with Gasteiger partial charge in [0.1, 0.15) is 18.3 Å². The standard InChI is InChI=1S/C44H36N2O4.CH2O/c1-28-38-23-15-33(27-41(38)44(49)45(28)35-19-21-37(22-20-35)50-36-11-7-4-8-12-36)42(47)32-16-24-39-40(26-32)29(2)46(43(39)48)34-17-13-31(14-18-34)25-30-9-5-3-6-10-30;1-2/h5,7,9-24,26-27,29H,1,3-4,6,8,25H2,2H3;1H2. The summed E-state index contributed by atoms with van der Waals surface area (Å²) in [6, 6.07) is 25.7. The fraction of sp³-hybridized carbons (Fsp3) is 0.156. The van der Waals surface area contributed by atoms with Gasteiger partial charge in [-0.1, -0.05) is 61.2 Å². The second-order valence-electron chi connectivity index (χ2n) is 13.1. The zero-order valence-corrected chi connectivity index (χ0v) is 29.0. The van der Waals surface area contributed by atoms with Crippen LogP contribution in [-0.2, 0) is 11.2 Å². The summed E-state index contributed by atoms with van der Waals surface area (Å²) in [5, 5.41) is 0. The molecule has 2 amide bonds. The molecule has 2 aliphatic carbocycles. The molecule has 8 rings (SSSR count). The molecule has 7 nitrogen and oxygen atoms in total. The largest absolute Gasteiger partial charge is 0.458 e. The topological polar surface area (TPSA) is 84.0 Å². The maximum Gasteiger partial charge on any atom is 0.263 e. The molecule has 0 bridgehead atoms. The van der Waals surface area contributed by atoms with Crippen LogP contribution in [-0.4, -0.2) is 24.4 Å². The number of nitrogens with zero attached hydrogens (tertiary/aromatic N) is 2. The van der Waals surface area contributed by atoms with Crippen molar-refractivity contribution in [2.75, 3.05) is 9.80 Å². The molecule has 0 fully saturated rings. The van der Waals surface area contributed by atoms with E-state index in [1.54, 1.807) is 40.1 Å². The maximum absolute atomic E-state index is 13.8. The minimum Gasteiger partial charge on any atom is -0.458 e. The molecule has 1 unspecified atom stereocenters. The van der Waals surface area contributed by atoms with E-state index in [2.05, 4.69) is 49.1 Å². The van der Waals surface area contributed by atoms with Gasteiger partial charge < -0.3 is 14.4 Å². The van der Waals surface area contributed by atoms with Crippen LogP contribution in [0.15, 0.2) is 139 Å². The Morgan fingerprint density at radius 1 is 0.731 bits per heavy atom. The third-order valence-electron chi connectivity index (χ3n) is 9.88. The molecule has 2 aliphatic heterocycles. The minimum atomic E-state index is -0.244. The zero-order chi connectivity index (χ0) is 36.4. The summed E-state index contributed by atoms with van der Waals surface area (Å²) in [5.74, 6) is 0.951. The highest BCUT2D eigenvalue weighted by atomic mass is 16.5. The number of carbonyl (C=O) groups excluding carboxylic acids is 4. The van der Waals surface area contributed by atoms with Crippen molar-refractivity contribution in [1.29, 1.82) is 0 Å². The van der Waals surface area contributed by atoms with Gasteiger partial charge in [-0.25, -0.2) is 0 Å². The molecule has 4 aromatic rings. The summed E-state index contributed by atoms with van der Waals surface area (Å²) in [4.78, 5) is 52.5. The van der Waals surface area contributed by atoms with Gasteiger partial charge in [0.05, 0.1) is 17.3 Å². The van der Waals surface area contributed by atoms with Crippen LogP contribution >= 0.6 is 0 Å². The van der Waals surface area contributed by atoms with Gasteiger partial charge in [-0.15, -0.1) is 0 Å². The van der Waals surface area contributed by atoms with Gasteiger partial charge in [0.15, 0.2) is 5.78 Å². The van der Waals surface area contributed by atoms with E-state index >= 15 is 0 Å². The van der Waals surface area contributed by atoms with Gasteiger partial charge in [-0.05, 0) is 122 Å². The summed E-state index contributed by atoms with van der Waals surface area (Å²) in [7, 11) is 0. The van der Waals surface area contributed by atoms with Gasteiger partial charge >= 0.3 is 0 Å². The van der Waals surface area contributed by atoms with Crippen molar-refractivity contribution in [3.63, 3.8) is 0 Å². The number of benzene rings is 4. The summed E-state index contributed by atoms with van der Waals surface area (Å²) < 4.78 is 5.95. The fourth-order valence-electron chi connectivity index (χ4n) is 7.22. The van der Waals surface area contributed by atoms with Crippen LogP contribution < -0.4 is 14.5 Å². The average Bonchev–Trinajstić information content (AvgIpc) is 3.59. The number of ketones is 1. The molecule has 0 spiro atoms. The Bertz CT molecular complexity index is 2220. The fourth-order valence-corrected chi connectivity index (χ4v) is 7.22. The van der Waals surface area contributed by atoms with Crippen LogP contribution in [0.5, 0.6) is 5.75 Å². The molecule has 0 saturated carbocycles. The summed E-state index contributed by atoms with van der Waals surface area (Å²) in [5.41, 5.74) is 7.94. The van der Waals surface area contributed by atoms with Crippen molar-refractivity contribution in [3.8, 4) is 5.75 Å². The van der Waals surface area contributed by atoms with Crippen LogP contribution in [0.25, 0.3) is 5.70 Å². The Hall–Kier alpha value is -6.34. The molecule has 4 aromatic carbocycles. The third kappa shape index (κ3) is 6.37. The first-order valence-electron chi connectivity index (χ1n) is 17.4.